The molecule has 0 aromatic heterocycles. The van der Waals surface area contributed by atoms with Crippen molar-refractivity contribution in [3.8, 4) is 0 Å². The molecule has 7 nitrogen and oxygen atoms in total. The van der Waals surface area contributed by atoms with E-state index < -0.39 is 24.0 Å². The Balaban J connectivity index is 2.52. The number of ether oxygens (including phenoxy) is 3. The van der Waals surface area contributed by atoms with E-state index in [0.717, 1.165) is 58.2 Å². The zero-order valence-corrected chi connectivity index (χ0v) is 27.1. The molecule has 7 heteroatoms. The summed E-state index contributed by atoms with van der Waals surface area (Å²) in [7, 11) is 0. The summed E-state index contributed by atoms with van der Waals surface area (Å²) in [4.78, 5) is 40.6. The van der Waals surface area contributed by atoms with E-state index >= 15 is 0 Å². The van der Waals surface area contributed by atoms with Crippen molar-refractivity contribution >= 4 is 17.9 Å². The maximum Gasteiger partial charge on any atom is 0.359 e. The summed E-state index contributed by atoms with van der Waals surface area (Å²) in [6, 6.07) is 0. The van der Waals surface area contributed by atoms with Crippen LogP contribution in [0.1, 0.15) is 150 Å². The van der Waals surface area contributed by atoms with Gasteiger partial charge in [-0.05, 0) is 76.4 Å². The number of carbonyl (C=O) groups is 3. The largest absolute Gasteiger partial charge is 0.462 e. The fourth-order valence-electron chi connectivity index (χ4n) is 5.67. The van der Waals surface area contributed by atoms with E-state index in [1.807, 2.05) is 0 Å². The average Bonchev–Trinajstić information content (AvgIpc) is 2.98. The first-order chi connectivity index (χ1) is 19.9. The topological polar surface area (TPSA) is 82.1 Å². The van der Waals surface area contributed by atoms with Crippen LogP contribution in [-0.2, 0) is 28.6 Å². The highest BCUT2D eigenvalue weighted by molar-refractivity contribution is 5.99. The van der Waals surface area contributed by atoms with Crippen LogP contribution in [0.4, 0.5) is 0 Å². The standard InChI is InChI=1S/C34H63NO6/c1-5-9-19-29(7-3)21-12-16-27-39-33(37)32(41-31(36)23-18-26-35-24-14-11-15-25-35)34(38)40-28-17-13-22-30(8-4)20-10-6-2/h29-30,32H,5-28H2,1-4H3. The molecule has 1 aliphatic heterocycles. The minimum absolute atomic E-state index is 0.167. The van der Waals surface area contributed by atoms with Crippen molar-refractivity contribution < 1.29 is 28.6 Å². The molecule has 1 rings (SSSR count). The number of unbranched alkanes of at least 4 members (excludes halogenated alkanes) is 4. The summed E-state index contributed by atoms with van der Waals surface area (Å²) < 4.78 is 16.2. The Kier molecular flexibility index (Phi) is 22.7. The SMILES string of the molecule is CCCCC(CC)CCCCOC(=O)C(OC(=O)CCCN1CCCCC1)C(=O)OCCCCC(CC)CCCC. The molecule has 0 radical (unpaired) electrons. The highest BCUT2D eigenvalue weighted by Gasteiger charge is 2.34. The molecule has 0 amide bonds. The van der Waals surface area contributed by atoms with Crippen LogP contribution < -0.4 is 0 Å². The van der Waals surface area contributed by atoms with Crippen molar-refractivity contribution in [3.05, 3.63) is 0 Å². The second-order valence-electron chi connectivity index (χ2n) is 12.0. The van der Waals surface area contributed by atoms with Crippen LogP contribution in [0.3, 0.4) is 0 Å². The zero-order valence-electron chi connectivity index (χ0n) is 27.1. The number of carbonyl (C=O) groups excluding carboxylic acids is 3. The lowest BCUT2D eigenvalue weighted by atomic mass is 9.94. The van der Waals surface area contributed by atoms with Crippen molar-refractivity contribution in [3.63, 3.8) is 0 Å². The van der Waals surface area contributed by atoms with Gasteiger partial charge in [-0.1, -0.05) is 98.3 Å². The van der Waals surface area contributed by atoms with Crippen LogP contribution in [0.25, 0.3) is 0 Å². The lowest BCUT2D eigenvalue weighted by molar-refractivity contribution is -0.180. The Morgan fingerprint density at radius 1 is 0.634 bits per heavy atom. The summed E-state index contributed by atoms with van der Waals surface area (Å²) in [6.07, 6.45) is 18.2. The van der Waals surface area contributed by atoms with Crippen molar-refractivity contribution in [1.29, 1.82) is 0 Å². The molecule has 0 saturated carbocycles. The Hall–Kier alpha value is -1.63. The predicted octanol–water partition coefficient (Wildman–Crippen LogP) is 8.02. The number of nitrogens with zero attached hydrogens (tertiary/aromatic N) is 1. The molecule has 1 aliphatic rings. The highest BCUT2D eigenvalue weighted by atomic mass is 16.6. The molecule has 2 atom stereocenters. The Morgan fingerprint density at radius 3 is 1.59 bits per heavy atom. The third-order valence-electron chi connectivity index (χ3n) is 8.57. The highest BCUT2D eigenvalue weighted by Crippen LogP contribution is 2.20. The molecule has 0 spiro atoms. The predicted molar refractivity (Wildman–Crippen MR) is 166 cm³/mol. The average molecular weight is 582 g/mol. The Labute approximate surface area is 251 Å². The quantitative estimate of drug-likeness (QED) is 0.0467. The minimum atomic E-state index is -1.64. The Morgan fingerprint density at radius 2 is 1.12 bits per heavy atom. The maximum absolute atomic E-state index is 12.8. The summed E-state index contributed by atoms with van der Waals surface area (Å²) in [5.41, 5.74) is 0. The van der Waals surface area contributed by atoms with E-state index in [1.54, 1.807) is 0 Å². The summed E-state index contributed by atoms with van der Waals surface area (Å²) >= 11 is 0. The van der Waals surface area contributed by atoms with Gasteiger partial charge in [-0.2, -0.15) is 0 Å². The lowest BCUT2D eigenvalue weighted by Gasteiger charge is -2.26. The fourth-order valence-corrected chi connectivity index (χ4v) is 5.67. The molecule has 0 N–H and O–H groups in total. The van der Waals surface area contributed by atoms with Gasteiger partial charge in [-0.3, -0.25) is 4.79 Å². The molecule has 0 bridgehead atoms. The minimum Gasteiger partial charge on any atom is -0.462 e. The van der Waals surface area contributed by atoms with E-state index in [-0.39, 0.29) is 19.6 Å². The lowest BCUT2D eigenvalue weighted by Crippen LogP contribution is -2.38. The van der Waals surface area contributed by atoms with Crippen LogP contribution in [0.5, 0.6) is 0 Å². The van der Waals surface area contributed by atoms with Crippen LogP contribution in [-0.4, -0.2) is 61.8 Å². The third kappa shape index (κ3) is 18.5. The maximum atomic E-state index is 12.8. The van der Waals surface area contributed by atoms with Gasteiger partial charge >= 0.3 is 17.9 Å². The number of hydrogen-bond donors (Lipinski definition) is 0. The van der Waals surface area contributed by atoms with E-state index in [9.17, 15) is 14.4 Å². The van der Waals surface area contributed by atoms with Gasteiger partial charge in [-0.15, -0.1) is 0 Å². The first-order valence-electron chi connectivity index (χ1n) is 17.2. The van der Waals surface area contributed by atoms with Crippen LogP contribution in [0.15, 0.2) is 0 Å². The zero-order chi connectivity index (χ0) is 30.1. The van der Waals surface area contributed by atoms with E-state index in [0.29, 0.717) is 18.3 Å². The molecular weight excluding hydrogens is 518 g/mol. The second-order valence-corrected chi connectivity index (χ2v) is 12.0. The van der Waals surface area contributed by atoms with Gasteiger partial charge in [0.15, 0.2) is 0 Å². The van der Waals surface area contributed by atoms with Crippen molar-refractivity contribution in [2.75, 3.05) is 32.8 Å². The van der Waals surface area contributed by atoms with Gasteiger partial charge in [0.1, 0.15) is 0 Å². The monoisotopic (exact) mass is 581 g/mol. The van der Waals surface area contributed by atoms with E-state index in [2.05, 4.69) is 32.6 Å². The molecular formula is C34H63NO6. The van der Waals surface area contributed by atoms with Gasteiger partial charge in [0.05, 0.1) is 13.2 Å². The van der Waals surface area contributed by atoms with Crippen molar-refractivity contribution in [1.82, 2.24) is 4.90 Å². The smallest absolute Gasteiger partial charge is 0.359 e. The van der Waals surface area contributed by atoms with Gasteiger partial charge in [0, 0.05) is 6.42 Å². The van der Waals surface area contributed by atoms with Crippen LogP contribution >= 0.6 is 0 Å². The summed E-state index contributed by atoms with van der Waals surface area (Å²) in [6.45, 7) is 12.3. The molecule has 1 fully saturated rings. The summed E-state index contributed by atoms with van der Waals surface area (Å²) in [5.74, 6) is -0.771. The number of esters is 3. The van der Waals surface area contributed by atoms with Gasteiger partial charge in [0.25, 0.3) is 6.10 Å². The van der Waals surface area contributed by atoms with Crippen molar-refractivity contribution in [2.45, 2.75) is 156 Å². The van der Waals surface area contributed by atoms with Crippen LogP contribution in [0, 0.1) is 11.8 Å². The number of hydrogen-bond acceptors (Lipinski definition) is 7. The van der Waals surface area contributed by atoms with E-state index in [1.165, 1.54) is 70.6 Å². The molecule has 1 heterocycles. The Bertz CT molecular complexity index is 640. The number of piperidine rings is 1. The first kappa shape index (κ1) is 37.4. The van der Waals surface area contributed by atoms with Crippen molar-refractivity contribution in [2.24, 2.45) is 11.8 Å². The third-order valence-corrected chi connectivity index (χ3v) is 8.57. The summed E-state index contributed by atoms with van der Waals surface area (Å²) in [5, 5.41) is 0. The molecule has 0 aliphatic carbocycles. The molecule has 0 aromatic rings. The van der Waals surface area contributed by atoms with Gasteiger partial charge < -0.3 is 19.1 Å². The molecule has 1 saturated heterocycles. The molecule has 2 unspecified atom stereocenters. The fraction of sp³-hybridized carbons (Fsp3) is 0.912. The van der Waals surface area contributed by atoms with Gasteiger partial charge in [0.2, 0.25) is 0 Å². The normalized spacial score (nSPS) is 16.1. The molecule has 240 valence electrons. The van der Waals surface area contributed by atoms with Crippen LogP contribution in [0.2, 0.25) is 0 Å². The number of likely N-dealkylation sites (tertiary alicyclic amines) is 1. The number of rotatable bonds is 25. The second kappa shape index (κ2) is 24.9. The molecule has 41 heavy (non-hydrogen) atoms. The van der Waals surface area contributed by atoms with Gasteiger partial charge in [-0.25, -0.2) is 9.59 Å². The first-order valence-corrected chi connectivity index (χ1v) is 17.2. The molecule has 0 aromatic carbocycles. The van der Waals surface area contributed by atoms with E-state index in [4.69, 9.17) is 14.2 Å².